The molecule has 90 valence electrons. The van der Waals surface area contributed by atoms with E-state index in [0.29, 0.717) is 0 Å². The van der Waals surface area contributed by atoms with Gasteiger partial charge in [0.2, 0.25) is 11.8 Å². The Hall–Kier alpha value is -1.43. The predicted molar refractivity (Wildman–Crippen MR) is 55.6 cm³/mol. The third-order valence-corrected chi connectivity index (χ3v) is 2.43. The fraction of sp³-hybridized carbons (Fsp3) is 0.700. The number of hydrogen-bond acceptors (Lipinski definition) is 4. The van der Waals surface area contributed by atoms with E-state index in [9.17, 15) is 14.4 Å². The number of nitrogens with zero attached hydrogens (tertiary/aromatic N) is 1. The van der Waals surface area contributed by atoms with Gasteiger partial charge in [-0.2, -0.15) is 0 Å². The molecule has 2 amide bonds. The molecule has 0 aliphatic carbocycles. The average molecular weight is 228 g/mol. The van der Waals surface area contributed by atoms with Crippen LogP contribution >= 0.6 is 0 Å². The molecule has 0 spiro atoms. The van der Waals surface area contributed by atoms with E-state index in [4.69, 9.17) is 5.11 Å². The number of carbonyl (C=O) groups excluding carboxylic acids is 2. The number of rotatable bonds is 5. The van der Waals surface area contributed by atoms with Crippen LogP contribution in [0, 0.1) is 0 Å². The molecule has 1 atom stereocenters. The number of aliphatic carboxylic acids is 1. The molecule has 0 aromatic rings. The van der Waals surface area contributed by atoms with Gasteiger partial charge in [-0.15, -0.1) is 0 Å². The average Bonchev–Trinajstić information content (AvgIpc) is 2.41. The van der Waals surface area contributed by atoms with E-state index in [1.807, 2.05) is 0 Å². The summed E-state index contributed by atoms with van der Waals surface area (Å²) >= 11 is 0. The molecule has 1 aliphatic rings. The van der Waals surface area contributed by atoms with E-state index in [2.05, 4.69) is 5.32 Å². The Kier molecular flexibility index (Phi) is 4.00. The summed E-state index contributed by atoms with van der Waals surface area (Å²) < 4.78 is 0. The third kappa shape index (κ3) is 2.79. The quantitative estimate of drug-likeness (QED) is 0.624. The molecule has 16 heavy (non-hydrogen) atoms. The number of carboxylic acids is 1. The van der Waals surface area contributed by atoms with Crippen LogP contribution in [-0.2, 0) is 14.4 Å². The first kappa shape index (κ1) is 12.6. The summed E-state index contributed by atoms with van der Waals surface area (Å²) in [7, 11) is 0. The highest BCUT2D eigenvalue weighted by Gasteiger charge is 2.39. The maximum atomic E-state index is 11.7. The van der Waals surface area contributed by atoms with Crippen molar-refractivity contribution >= 4 is 17.8 Å². The van der Waals surface area contributed by atoms with E-state index in [1.165, 1.54) is 4.90 Å². The van der Waals surface area contributed by atoms with Crippen LogP contribution in [-0.4, -0.2) is 46.4 Å². The molecule has 6 heteroatoms. The summed E-state index contributed by atoms with van der Waals surface area (Å²) in [6, 6.07) is -0.708. The number of carbonyl (C=O) groups is 3. The molecule has 1 aliphatic heterocycles. The van der Waals surface area contributed by atoms with Gasteiger partial charge in [0.25, 0.3) is 0 Å². The van der Waals surface area contributed by atoms with Crippen molar-refractivity contribution in [2.45, 2.75) is 38.8 Å². The standard InChI is InChI=1S/C10H16N2O4/c1-6(2)12-8(13)5-7(10(12)16)11-4-3-9(14)15/h6-7,11H,3-5H2,1-2H3,(H,14,15). The van der Waals surface area contributed by atoms with Crippen LogP contribution in [0.2, 0.25) is 0 Å². The maximum absolute atomic E-state index is 11.7. The summed E-state index contributed by atoms with van der Waals surface area (Å²) in [6.45, 7) is 3.75. The Morgan fingerprint density at radius 1 is 1.56 bits per heavy atom. The highest BCUT2D eigenvalue weighted by molar-refractivity contribution is 6.05. The van der Waals surface area contributed by atoms with Crippen molar-refractivity contribution in [1.82, 2.24) is 10.2 Å². The Bertz CT molecular complexity index is 314. The lowest BCUT2D eigenvalue weighted by molar-refractivity contribution is -0.141. The van der Waals surface area contributed by atoms with Crippen molar-refractivity contribution in [1.29, 1.82) is 0 Å². The van der Waals surface area contributed by atoms with Gasteiger partial charge in [0, 0.05) is 12.6 Å². The van der Waals surface area contributed by atoms with Crippen LogP contribution in [0.3, 0.4) is 0 Å². The molecule has 1 rings (SSSR count). The van der Waals surface area contributed by atoms with Crippen LogP contribution < -0.4 is 5.32 Å². The van der Waals surface area contributed by atoms with E-state index in [0.717, 1.165) is 0 Å². The molecule has 1 unspecified atom stereocenters. The summed E-state index contributed by atoms with van der Waals surface area (Å²) in [5.41, 5.74) is 0. The minimum atomic E-state index is -0.926. The molecule has 1 heterocycles. The first-order chi connectivity index (χ1) is 7.43. The second-order valence-corrected chi connectivity index (χ2v) is 4.05. The van der Waals surface area contributed by atoms with Crippen molar-refractivity contribution in [3.05, 3.63) is 0 Å². The number of amides is 2. The lowest BCUT2D eigenvalue weighted by Gasteiger charge is -2.19. The normalized spacial score (nSPS) is 20.9. The molecule has 1 saturated heterocycles. The molecule has 0 aromatic carbocycles. The van der Waals surface area contributed by atoms with Crippen LogP contribution in [0.25, 0.3) is 0 Å². The van der Waals surface area contributed by atoms with Gasteiger partial charge in [-0.3, -0.25) is 19.3 Å². The number of imide groups is 1. The lowest BCUT2D eigenvalue weighted by atomic mass is 10.2. The Morgan fingerprint density at radius 2 is 2.19 bits per heavy atom. The van der Waals surface area contributed by atoms with Crippen LogP contribution in [0.4, 0.5) is 0 Å². The molecule has 1 fully saturated rings. The fourth-order valence-electron chi connectivity index (χ4n) is 1.71. The maximum Gasteiger partial charge on any atom is 0.304 e. The van der Waals surface area contributed by atoms with Crippen molar-refractivity contribution < 1.29 is 19.5 Å². The smallest absolute Gasteiger partial charge is 0.304 e. The molecule has 0 bridgehead atoms. The zero-order valence-electron chi connectivity index (χ0n) is 9.40. The lowest BCUT2D eigenvalue weighted by Crippen LogP contribution is -2.42. The van der Waals surface area contributed by atoms with Crippen molar-refractivity contribution in [2.75, 3.05) is 6.54 Å². The number of hydrogen-bond donors (Lipinski definition) is 2. The summed E-state index contributed by atoms with van der Waals surface area (Å²) in [6.07, 6.45) is 0.0658. The monoisotopic (exact) mass is 228 g/mol. The Morgan fingerprint density at radius 3 is 2.62 bits per heavy atom. The molecule has 2 N–H and O–H groups in total. The van der Waals surface area contributed by atoms with Crippen molar-refractivity contribution in [3.63, 3.8) is 0 Å². The molecule has 6 nitrogen and oxygen atoms in total. The van der Waals surface area contributed by atoms with Crippen LogP contribution in [0.1, 0.15) is 26.7 Å². The van der Waals surface area contributed by atoms with Gasteiger partial charge in [-0.05, 0) is 13.8 Å². The van der Waals surface area contributed by atoms with E-state index in [-0.39, 0.29) is 37.2 Å². The second-order valence-electron chi connectivity index (χ2n) is 4.05. The molecular weight excluding hydrogens is 212 g/mol. The van der Waals surface area contributed by atoms with Crippen LogP contribution in [0.15, 0.2) is 0 Å². The molecule has 0 radical (unpaired) electrons. The minimum Gasteiger partial charge on any atom is -0.481 e. The van der Waals surface area contributed by atoms with Gasteiger partial charge < -0.3 is 10.4 Å². The Balaban J connectivity index is 2.49. The van der Waals surface area contributed by atoms with E-state index >= 15 is 0 Å². The molecular formula is C10H16N2O4. The van der Waals surface area contributed by atoms with Gasteiger partial charge in [0.15, 0.2) is 0 Å². The van der Waals surface area contributed by atoms with Gasteiger partial charge in [0.05, 0.1) is 18.9 Å². The van der Waals surface area contributed by atoms with Gasteiger partial charge in [0.1, 0.15) is 0 Å². The van der Waals surface area contributed by atoms with E-state index in [1.54, 1.807) is 13.8 Å². The van der Waals surface area contributed by atoms with Crippen molar-refractivity contribution in [3.8, 4) is 0 Å². The van der Waals surface area contributed by atoms with Gasteiger partial charge in [-0.25, -0.2) is 0 Å². The van der Waals surface area contributed by atoms with E-state index < -0.39 is 12.0 Å². The summed E-state index contributed by atoms with van der Waals surface area (Å²) in [4.78, 5) is 34.7. The number of likely N-dealkylation sites (tertiary alicyclic amines) is 1. The minimum absolute atomic E-state index is 0.0559. The van der Waals surface area contributed by atoms with Gasteiger partial charge >= 0.3 is 5.97 Å². The third-order valence-electron chi connectivity index (χ3n) is 2.43. The first-order valence-electron chi connectivity index (χ1n) is 5.24. The predicted octanol–water partition coefficient (Wildman–Crippen LogP) is -0.413. The second kappa shape index (κ2) is 5.07. The largest absolute Gasteiger partial charge is 0.481 e. The van der Waals surface area contributed by atoms with Gasteiger partial charge in [-0.1, -0.05) is 0 Å². The Labute approximate surface area is 93.6 Å². The highest BCUT2D eigenvalue weighted by atomic mass is 16.4. The number of carboxylic acid groups (broad SMARTS) is 1. The highest BCUT2D eigenvalue weighted by Crippen LogP contribution is 2.15. The zero-order chi connectivity index (χ0) is 12.3. The summed E-state index contributed by atoms with van der Waals surface area (Å²) in [5.74, 6) is -1.39. The first-order valence-corrected chi connectivity index (χ1v) is 5.24. The topological polar surface area (TPSA) is 86.7 Å². The van der Waals surface area contributed by atoms with Crippen molar-refractivity contribution in [2.24, 2.45) is 0 Å². The van der Waals surface area contributed by atoms with Crippen LogP contribution in [0.5, 0.6) is 0 Å². The number of nitrogens with one attached hydrogen (secondary N) is 1. The fourth-order valence-corrected chi connectivity index (χ4v) is 1.71. The molecule has 0 aromatic heterocycles. The zero-order valence-corrected chi connectivity index (χ0v) is 9.40. The molecule has 0 saturated carbocycles. The SMILES string of the molecule is CC(C)N1C(=O)CC(NCCC(=O)O)C1=O. The summed E-state index contributed by atoms with van der Waals surface area (Å²) in [5, 5.41) is 11.2.